The molecule has 19 heavy (non-hydrogen) atoms. The van der Waals surface area contributed by atoms with Crippen LogP contribution in [-0.4, -0.2) is 20.8 Å². The highest BCUT2D eigenvalue weighted by Gasteiger charge is 2.28. The molecule has 1 fully saturated rings. The number of anilines is 1. The Labute approximate surface area is 114 Å². The van der Waals surface area contributed by atoms with E-state index in [-0.39, 0.29) is 11.8 Å². The van der Waals surface area contributed by atoms with Crippen LogP contribution < -0.4 is 15.2 Å². The van der Waals surface area contributed by atoms with Crippen molar-refractivity contribution in [1.82, 2.24) is 4.72 Å². The summed E-state index contributed by atoms with van der Waals surface area (Å²) in [5.41, 5.74) is 7.06. The number of nitrogen functional groups attached to an aromatic ring is 1. The van der Waals surface area contributed by atoms with Gasteiger partial charge in [0, 0.05) is 17.8 Å². The summed E-state index contributed by atoms with van der Waals surface area (Å²) in [5.74, 6) is 0.642. The van der Waals surface area contributed by atoms with Crippen molar-refractivity contribution in [2.24, 2.45) is 0 Å². The van der Waals surface area contributed by atoms with Crippen LogP contribution >= 0.6 is 0 Å². The molecule has 5 nitrogen and oxygen atoms in total. The van der Waals surface area contributed by atoms with E-state index in [9.17, 15) is 8.42 Å². The number of ether oxygens (including phenoxy) is 1. The van der Waals surface area contributed by atoms with E-state index < -0.39 is 10.0 Å². The lowest BCUT2D eigenvalue weighted by atomic mass is 10.2. The van der Waals surface area contributed by atoms with Crippen LogP contribution in [0, 0.1) is 0 Å². The fourth-order valence-corrected chi connectivity index (χ4v) is 3.98. The molecule has 6 heteroatoms. The van der Waals surface area contributed by atoms with E-state index in [0.29, 0.717) is 11.4 Å². The van der Waals surface area contributed by atoms with Gasteiger partial charge >= 0.3 is 0 Å². The molecule has 1 saturated carbocycles. The molecule has 106 valence electrons. The summed E-state index contributed by atoms with van der Waals surface area (Å²) in [6.07, 6.45) is 3.49. The number of methoxy groups -OCH3 is 1. The zero-order valence-corrected chi connectivity index (χ0v) is 11.9. The van der Waals surface area contributed by atoms with Crippen molar-refractivity contribution in [2.75, 3.05) is 12.8 Å². The van der Waals surface area contributed by atoms with Crippen molar-refractivity contribution in [1.29, 1.82) is 0 Å². The molecule has 3 N–H and O–H groups in total. The highest BCUT2D eigenvalue weighted by atomic mass is 32.2. The second kappa shape index (κ2) is 5.79. The molecule has 1 aromatic carbocycles. The molecule has 0 atom stereocenters. The van der Waals surface area contributed by atoms with Crippen molar-refractivity contribution in [3.05, 3.63) is 23.8 Å². The number of sulfonamides is 1. The second-order valence-corrected chi connectivity index (χ2v) is 6.89. The van der Waals surface area contributed by atoms with E-state index in [1.807, 2.05) is 0 Å². The van der Waals surface area contributed by atoms with Crippen LogP contribution in [0.25, 0.3) is 0 Å². The lowest BCUT2D eigenvalue weighted by molar-refractivity contribution is 0.409. The third kappa shape index (κ3) is 3.39. The number of nitrogens with one attached hydrogen (secondary N) is 1. The summed E-state index contributed by atoms with van der Waals surface area (Å²) >= 11 is 0. The van der Waals surface area contributed by atoms with Crippen molar-refractivity contribution in [3.8, 4) is 5.75 Å². The molecular weight excluding hydrogens is 264 g/mol. The van der Waals surface area contributed by atoms with E-state index in [1.54, 1.807) is 25.3 Å². The van der Waals surface area contributed by atoms with Crippen molar-refractivity contribution in [2.45, 2.75) is 37.5 Å². The third-order valence-electron chi connectivity index (χ3n) is 3.51. The predicted octanol–water partition coefficient (Wildman–Crippen LogP) is 1.64. The topological polar surface area (TPSA) is 81.4 Å². The molecule has 1 aromatic rings. The van der Waals surface area contributed by atoms with Gasteiger partial charge in [0.1, 0.15) is 5.75 Å². The minimum Gasteiger partial charge on any atom is -0.496 e. The lowest BCUT2D eigenvalue weighted by Crippen LogP contribution is -2.32. The van der Waals surface area contributed by atoms with Gasteiger partial charge in [0.15, 0.2) is 0 Å². The molecule has 0 aromatic heterocycles. The molecule has 0 heterocycles. The molecule has 0 bridgehead atoms. The average molecular weight is 284 g/mol. The standard InChI is InChI=1S/C13H20N2O3S/c1-18-13-7-6-11(14)8-10(13)9-15-19(16,17)12-4-2-3-5-12/h6-8,12,15H,2-5,9,14H2,1H3. The zero-order valence-electron chi connectivity index (χ0n) is 11.1. The molecule has 0 unspecified atom stereocenters. The van der Waals surface area contributed by atoms with Gasteiger partial charge in [-0.15, -0.1) is 0 Å². The number of nitrogens with two attached hydrogens (primary N) is 1. The fraction of sp³-hybridized carbons (Fsp3) is 0.538. The lowest BCUT2D eigenvalue weighted by Gasteiger charge is -2.14. The van der Waals surface area contributed by atoms with Gasteiger partial charge in [0.2, 0.25) is 10.0 Å². The fourth-order valence-electron chi connectivity index (χ4n) is 2.43. The Balaban J connectivity index is 2.07. The van der Waals surface area contributed by atoms with Crippen LogP contribution in [0.3, 0.4) is 0 Å². The van der Waals surface area contributed by atoms with Gasteiger partial charge in [0.25, 0.3) is 0 Å². The maximum absolute atomic E-state index is 12.1. The quantitative estimate of drug-likeness (QED) is 0.805. The highest BCUT2D eigenvalue weighted by molar-refractivity contribution is 7.90. The minimum atomic E-state index is -3.24. The first-order chi connectivity index (χ1) is 9.03. The summed E-state index contributed by atoms with van der Waals surface area (Å²) in [5, 5.41) is -0.250. The van der Waals surface area contributed by atoms with Crippen LogP contribution in [0.4, 0.5) is 5.69 Å². The Hall–Kier alpha value is -1.27. The summed E-state index contributed by atoms with van der Waals surface area (Å²) < 4.78 is 32.1. The van der Waals surface area contributed by atoms with Gasteiger partial charge in [-0.3, -0.25) is 0 Å². The van der Waals surface area contributed by atoms with Gasteiger partial charge in [-0.05, 0) is 31.0 Å². The first-order valence-corrected chi connectivity index (χ1v) is 7.98. The average Bonchev–Trinajstić information content (AvgIpc) is 2.91. The van der Waals surface area contributed by atoms with Gasteiger partial charge in [-0.2, -0.15) is 0 Å². The summed E-state index contributed by atoms with van der Waals surface area (Å²) in [6, 6.07) is 5.21. The molecular formula is C13H20N2O3S. The van der Waals surface area contributed by atoms with E-state index in [2.05, 4.69) is 4.72 Å². The van der Waals surface area contributed by atoms with Crippen LogP contribution in [0.15, 0.2) is 18.2 Å². The minimum absolute atomic E-state index is 0.215. The smallest absolute Gasteiger partial charge is 0.214 e. The Morgan fingerprint density at radius 2 is 2.05 bits per heavy atom. The maximum atomic E-state index is 12.1. The van der Waals surface area contributed by atoms with E-state index >= 15 is 0 Å². The summed E-state index contributed by atoms with van der Waals surface area (Å²) in [6.45, 7) is 0.215. The van der Waals surface area contributed by atoms with E-state index in [0.717, 1.165) is 31.2 Å². The van der Waals surface area contributed by atoms with E-state index in [4.69, 9.17) is 10.5 Å². The van der Waals surface area contributed by atoms with E-state index in [1.165, 1.54) is 0 Å². The van der Waals surface area contributed by atoms with Crippen LogP contribution in [0.5, 0.6) is 5.75 Å². The predicted molar refractivity (Wildman–Crippen MR) is 75.4 cm³/mol. The Morgan fingerprint density at radius 3 is 2.68 bits per heavy atom. The normalized spacial score (nSPS) is 16.7. The first kappa shape index (κ1) is 14.1. The molecule has 1 aliphatic rings. The Morgan fingerprint density at radius 1 is 1.37 bits per heavy atom. The molecule has 2 rings (SSSR count). The third-order valence-corrected chi connectivity index (χ3v) is 5.41. The largest absolute Gasteiger partial charge is 0.496 e. The zero-order chi connectivity index (χ0) is 13.9. The second-order valence-electron chi connectivity index (χ2n) is 4.84. The summed E-state index contributed by atoms with van der Waals surface area (Å²) in [4.78, 5) is 0. The SMILES string of the molecule is COc1ccc(N)cc1CNS(=O)(=O)C1CCCC1. The Kier molecular flexibility index (Phi) is 4.31. The van der Waals surface area contributed by atoms with Crippen molar-refractivity contribution >= 4 is 15.7 Å². The highest BCUT2D eigenvalue weighted by Crippen LogP contribution is 2.25. The first-order valence-electron chi connectivity index (χ1n) is 6.44. The number of rotatable bonds is 5. The van der Waals surface area contributed by atoms with Gasteiger partial charge in [-0.25, -0.2) is 13.1 Å². The van der Waals surface area contributed by atoms with Gasteiger partial charge in [0.05, 0.1) is 12.4 Å². The molecule has 0 aliphatic heterocycles. The molecule has 1 aliphatic carbocycles. The number of hydrogen-bond acceptors (Lipinski definition) is 4. The number of benzene rings is 1. The van der Waals surface area contributed by atoms with Crippen molar-refractivity contribution < 1.29 is 13.2 Å². The molecule has 0 radical (unpaired) electrons. The van der Waals surface area contributed by atoms with Crippen molar-refractivity contribution in [3.63, 3.8) is 0 Å². The molecule has 0 saturated heterocycles. The Bertz CT molecular complexity index is 537. The molecule has 0 spiro atoms. The van der Waals surface area contributed by atoms with Gasteiger partial charge < -0.3 is 10.5 Å². The van der Waals surface area contributed by atoms with Gasteiger partial charge in [-0.1, -0.05) is 12.8 Å². The van der Waals surface area contributed by atoms with Crippen LogP contribution in [0.1, 0.15) is 31.2 Å². The maximum Gasteiger partial charge on any atom is 0.214 e. The number of hydrogen-bond donors (Lipinski definition) is 2. The molecule has 0 amide bonds. The van der Waals surface area contributed by atoms with Crippen LogP contribution in [-0.2, 0) is 16.6 Å². The summed E-state index contributed by atoms with van der Waals surface area (Å²) in [7, 11) is -1.69. The van der Waals surface area contributed by atoms with Crippen LogP contribution in [0.2, 0.25) is 0 Å². The monoisotopic (exact) mass is 284 g/mol.